The summed E-state index contributed by atoms with van der Waals surface area (Å²) in [6.45, 7) is -0.231. The highest BCUT2D eigenvalue weighted by Crippen LogP contribution is 2.23. The molecule has 0 amide bonds. The quantitative estimate of drug-likeness (QED) is 0.733. The zero-order chi connectivity index (χ0) is 11.7. The van der Waals surface area contributed by atoms with Crippen LogP contribution in [-0.2, 0) is 6.61 Å². The van der Waals surface area contributed by atoms with Crippen LogP contribution in [0.15, 0.2) is 24.3 Å². The van der Waals surface area contributed by atoms with Crippen LogP contribution in [-0.4, -0.2) is 14.9 Å². The van der Waals surface area contributed by atoms with Crippen LogP contribution in [0.5, 0.6) is 0 Å². The van der Waals surface area contributed by atoms with Crippen molar-refractivity contribution in [1.29, 1.82) is 0 Å². The highest BCUT2D eigenvalue weighted by Gasteiger charge is 2.13. The van der Waals surface area contributed by atoms with Gasteiger partial charge in [0, 0.05) is 5.02 Å². The number of aromatic nitrogens is 2. The minimum Gasteiger partial charge on any atom is -0.391 e. The molecule has 5 N–H and O–H groups in total. The number of aliphatic hydroxyl groups excluding tert-OH is 1. The highest BCUT2D eigenvalue weighted by atomic mass is 35.5. The summed E-state index contributed by atoms with van der Waals surface area (Å²) in [6, 6.07) is 7.00. The summed E-state index contributed by atoms with van der Waals surface area (Å²) in [5.41, 5.74) is 12.6. The minimum absolute atomic E-state index is 0.231. The number of nitrogen functional groups attached to an aromatic ring is 2. The molecular formula is C10H11ClN4O. The molecule has 1 aromatic heterocycles. The largest absolute Gasteiger partial charge is 0.391 e. The summed E-state index contributed by atoms with van der Waals surface area (Å²) >= 11 is 5.78. The van der Waals surface area contributed by atoms with Crippen LogP contribution in [0.1, 0.15) is 5.56 Å². The third-order valence-corrected chi connectivity index (χ3v) is 2.54. The van der Waals surface area contributed by atoms with Crippen molar-refractivity contribution in [1.82, 2.24) is 9.78 Å². The van der Waals surface area contributed by atoms with Gasteiger partial charge in [0.2, 0.25) is 0 Å². The fraction of sp³-hybridized carbons (Fsp3) is 0.100. The van der Waals surface area contributed by atoms with Gasteiger partial charge in [-0.25, -0.2) is 4.68 Å². The fourth-order valence-corrected chi connectivity index (χ4v) is 1.55. The zero-order valence-corrected chi connectivity index (χ0v) is 9.15. The second-order valence-corrected chi connectivity index (χ2v) is 3.73. The zero-order valence-electron chi connectivity index (χ0n) is 8.39. The van der Waals surface area contributed by atoms with E-state index in [1.54, 1.807) is 24.3 Å². The number of hydrogen-bond donors (Lipinski definition) is 3. The smallest absolute Gasteiger partial charge is 0.153 e. The summed E-state index contributed by atoms with van der Waals surface area (Å²) in [6.07, 6.45) is 0. The molecule has 1 heterocycles. The van der Waals surface area contributed by atoms with E-state index >= 15 is 0 Å². The monoisotopic (exact) mass is 238 g/mol. The topological polar surface area (TPSA) is 90.1 Å². The van der Waals surface area contributed by atoms with Gasteiger partial charge in [-0.05, 0) is 24.3 Å². The van der Waals surface area contributed by atoms with E-state index in [0.717, 1.165) is 5.69 Å². The Hall–Kier alpha value is -1.72. The predicted molar refractivity (Wildman–Crippen MR) is 63.3 cm³/mol. The lowest BCUT2D eigenvalue weighted by Crippen LogP contribution is -2.02. The number of anilines is 2. The van der Waals surface area contributed by atoms with E-state index in [4.69, 9.17) is 28.2 Å². The van der Waals surface area contributed by atoms with Crippen molar-refractivity contribution in [3.63, 3.8) is 0 Å². The SMILES string of the molecule is Nc1nn(-c2ccc(Cl)cc2)c(N)c1CO. The first-order valence-corrected chi connectivity index (χ1v) is 5.01. The van der Waals surface area contributed by atoms with E-state index in [1.165, 1.54) is 4.68 Å². The van der Waals surface area contributed by atoms with E-state index in [1.807, 2.05) is 0 Å². The van der Waals surface area contributed by atoms with Crippen molar-refractivity contribution in [2.45, 2.75) is 6.61 Å². The predicted octanol–water partition coefficient (Wildman–Crippen LogP) is 1.18. The van der Waals surface area contributed by atoms with Gasteiger partial charge in [0.1, 0.15) is 5.82 Å². The average Bonchev–Trinajstić information content (AvgIpc) is 2.55. The second kappa shape index (κ2) is 4.03. The van der Waals surface area contributed by atoms with Crippen molar-refractivity contribution >= 4 is 23.2 Å². The number of benzene rings is 1. The van der Waals surface area contributed by atoms with Crippen molar-refractivity contribution in [2.24, 2.45) is 0 Å². The molecule has 2 aromatic rings. The van der Waals surface area contributed by atoms with E-state index < -0.39 is 0 Å². The molecule has 6 heteroatoms. The molecule has 0 aliphatic heterocycles. The third-order valence-electron chi connectivity index (χ3n) is 2.28. The maximum atomic E-state index is 9.07. The molecule has 84 valence electrons. The summed E-state index contributed by atoms with van der Waals surface area (Å²) in [5.74, 6) is 0.567. The molecule has 2 rings (SSSR count). The maximum Gasteiger partial charge on any atom is 0.153 e. The van der Waals surface area contributed by atoms with Gasteiger partial charge in [-0.15, -0.1) is 5.10 Å². The number of hydrogen-bond acceptors (Lipinski definition) is 4. The summed E-state index contributed by atoms with van der Waals surface area (Å²) in [7, 11) is 0. The number of rotatable bonds is 2. The lowest BCUT2D eigenvalue weighted by molar-refractivity contribution is 0.283. The third kappa shape index (κ3) is 1.70. The maximum absolute atomic E-state index is 9.07. The minimum atomic E-state index is -0.231. The summed E-state index contributed by atoms with van der Waals surface area (Å²) in [4.78, 5) is 0. The number of nitrogens with two attached hydrogens (primary N) is 2. The molecule has 0 unspecified atom stereocenters. The molecule has 0 fully saturated rings. The normalized spacial score (nSPS) is 10.6. The molecule has 0 bridgehead atoms. The van der Waals surface area contributed by atoms with Gasteiger partial charge in [-0.1, -0.05) is 11.6 Å². The molecule has 0 atom stereocenters. The van der Waals surface area contributed by atoms with Gasteiger partial charge in [0.05, 0.1) is 17.9 Å². The van der Waals surface area contributed by atoms with Crippen LogP contribution in [0, 0.1) is 0 Å². The first-order chi connectivity index (χ1) is 7.63. The Morgan fingerprint density at radius 1 is 1.25 bits per heavy atom. The molecule has 0 spiro atoms. The lowest BCUT2D eigenvalue weighted by Gasteiger charge is -2.03. The van der Waals surface area contributed by atoms with Gasteiger partial charge in [0.25, 0.3) is 0 Å². The first-order valence-electron chi connectivity index (χ1n) is 4.63. The molecule has 0 saturated heterocycles. The van der Waals surface area contributed by atoms with Crippen molar-refractivity contribution in [3.05, 3.63) is 34.9 Å². The standard InChI is InChI=1S/C10H11ClN4O/c11-6-1-3-7(4-2-6)15-10(13)8(5-16)9(12)14-15/h1-4,16H,5,13H2,(H2,12,14). The van der Waals surface area contributed by atoms with Crippen LogP contribution >= 0.6 is 11.6 Å². The molecule has 0 saturated carbocycles. The van der Waals surface area contributed by atoms with Crippen LogP contribution in [0.25, 0.3) is 5.69 Å². The van der Waals surface area contributed by atoms with Crippen LogP contribution in [0.4, 0.5) is 11.6 Å². The average molecular weight is 239 g/mol. The first kappa shape index (κ1) is 10.8. The Morgan fingerprint density at radius 3 is 2.38 bits per heavy atom. The van der Waals surface area contributed by atoms with E-state index in [9.17, 15) is 0 Å². The Morgan fingerprint density at radius 2 is 1.88 bits per heavy atom. The molecule has 1 aromatic carbocycles. The van der Waals surface area contributed by atoms with E-state index in [-0.39, 0.29) is 12.4 Å². The van der Waals surface area contributed by atoms with Gasteiger partial charge < -0.3 is 16.6 Å². The van der Waals surface area contributed by atoms with Crippen molar-refractivity contribution in [2.75, 3.05) is 11.5 Å². The van der Waals surface area contributed by atoms with E-state index in [0.29, 0.717) is 16.4 Å². The van der Waals surface area contributed by atoms with Crippen LogP contribution in [0.2, 0.25) is 5.02 Å². The summed E-state index contributed by atoms with van der Waals surface area (Å²) in [5, 5.41) is 13.7. The Balaban J connectivity index is 2.52. The van der Waals surface area contributed by atoms with Crippen molar-refractivity contribution in [3.8, 4) is 5.69 Å². The number of nitrogens with zero attached hydrogens (tertiary/aromatic N) is 2. The molecule has 0 radical (unpaired) electrons. The van der Waals surface area contributed by atoms with Crippen molar-refractivity contribution < 1.29 is 5.11 Å². The molecule has 0 aliphatic carbocycles. The van der Waals surface area contributed by atoms with E-state index in [2.05, 4.69) is 5.10 Å². The molecular weight excluding hydrogens is 228 g/mol. The second-order valence-electron chi connectivity index (χ2n) is 3.30. The number of halogens is 1. The highest BCUT2D eigenvalue weighted by molar-refractivity contribution is 6.30. The van der Waals surface area contributed by atoms with Gasteiger partial charge in [0.15, 0.2) is 5.82 Å². The Bertz CT molecular complexity index is 506. The van der Waals surface area contributed by atoms with Gasteiger partial charge in [-0.2, -0.15) is 0 Å². The molecule has 5 nitrogen and oxygen atoms in total. The number of aliphatic hydroxyl groups is 1. The molecule has 0 aliphatic rings. The lowest BCUT2D eigenvalue weighted by atomic mass is 10.3. The Labute approximate surface area is 97.2 Å². The van der Waals surface area contributed by atoms with Crippen LogP contribution in [0.3, 0.4) is 0 Å². The Kier molecular flexibility index (Phi) is 2.72. The summed E-state index contributed by atoms with van der Waals surface area (Å²) < 4.78 is 1.47. The fourth-order valence-electron chi connectivity index (χ4n) is 1.42. The van der Waals surface area contributed by atoms with Gasteiger partial charge >= 0.3 is 0 Å². The molecule has 16 heavy (non-hydrogen) atoms. The van der Waals surface area contributed by atoms with Gasteiger partial charge in [-0.3, -0.25) is 0 Å². The van der Waals surface area contributed by atoms with Crippen LogP contribution < -0.4 is 11.5 Å².